The van der Waals surface area contributed by atoms with Crippen LogP contribution in [0, 0.1) is 0 Å². The fourth-order valence-corrected chi connectivity index (χ4v) is 4.73. The Morgan fingerprint density at radius 2 is 1.46 bits per heavy atom. The molecular weight excluding hydrogens is 336 g/mol. The molecule has 2 aromatic carbocycles. The molecule has 1 atom stereocenters. The fraction of sp³-hybridized carbons (Fsp3) is 0.350. The molecule has 0 amide bonds. The summed E-state index contributed by atoms with van der Waals surface area (Å²) in [6.45, 7) is 0. The summed E-state index contributed by atoms with van der Waals surface area (Å²) in [7, 11) is 0. The van der Waals surface area contributed by atoms with E-state index in [2.05, 4.69) is 48.5 Å². The van der Waals surface area contributed by atoms with Crippen LogP contribution in [0.4, 0.5) is 0 Å². The van der Waals surface area contributed by atoms with Gasteiger partial charge in [0.15, 0.2) is 0 Å². The van der Waals surface area contributed by atoms with Crippen LogP contribution in [0.5, 0.6) is 0 Å². The lowest BCUT2D eigenvalue weighted by Gasteiger charge is -2.15. The highest BCUT2D eigenvalue weighted by Crippen LogP contribution is 2.26. The Labute approximate surface area is 153 Å². The second-order valence-electron chi connectivity index (χ2n) is 5.68. The van der Waals surface area contributed by atoms with Gasteiger partial charge in [-0.2, -0.15) is 23.5 Å². The van der Waals surface area contributed by atoms with Crippen molar-refractivity contribution in [3.63, 3.8) is 0 Å². The molecule has 0 aliphatic rings. The molecule has 0 heterocycles. The molecule has 2 nitrogen and oxygen atoms in total. The van der Waals surface area contributed by atoms with Gasteiger partial charge < -0.3 is 5.11 Å². The number of rotatable bonds is 11. The van der Waals surface area contributed by atoms with Gasteiger partial charge >= 0.3 is 5.97 Å². The standard InChI is InChI=1S/C20H24O2S2/c21-20(22)12-11-19(24-16-18-9-5-2-6-10-18)13-14-23-15-17-7-3-1-4-8-17/h1-10,19H,11-16H2,(H,21,22). The summed E-state index contributed by atoms with van der Waals surface area (Å²) in [6, 6.07) is 20.9. The normalized spacial score (nSPS) is 12.0. The zero-order valence-corrected chi connectivity index (χ0v) is 15.4. The molecule has 0 fully saturated rings. The maximum absolute atomic E-state index is 10.9. The summed E-state index contributed by atoms with van der Waals surface area (Å²) in [5.74, 6) is 2.35. The minimum Gasteiger partial charge on any atom is -0.481 e. The summed E-state index contributed by atoms with van der Waals surface area (Å²) in [6.07, 6.45) is 2.07. The van der Waals surface area contributed by atoms with Gasteiger partial charge in [-0.25, -0.2) is 0 Å². The van der Waals surface area contributed by atoms with Gasteiger partial charge in [0.1, 0.15) is 0 Å². The highest BCUT2D eigenvalue weighted by Gasteiger charge is 2.12. The van der Waals surface area contributed by atoms with Crippen molar-refractivity contribution < 1.29 is 9.90 Å². The van der Waals surface area contributed by atoms with E-state index in [4.69, 9.17) is 5.11 Å². The first-order valence-electron chi connectivity index (χ1n) is 8.23. The van der Waals surface area contributed by atoms with Crippen LogP contribution in [0.2, 0.25) is 0 Å². The van der Waals surface area contributed by atoms with E-state index in [0.717, 1.165) is 30.1 Å². The van der Waals surface area contributed by atoms with E-state index in [1.807, 2.05) is 35.7 Å². The Balaban J connectivity index is 1.74. The Kier molecular flexibility index (Phi) is 8.85. The van der Waals surface area contributed by atoms with Crippen molar-refractivity contribution in [3.8, 4) is 0 Å². The lowest BCUT2D eigenvalue weighted by atomic mass is 10.2. The van der Waals surface area contributed by atoms with Crippen molar-refractivity contribution in [2.45, 2.75) is 36.0 Å². The lowest BCUT2D eigenvalue weighted by Crippen LogP contribution is -2.08. The lowest BCUT2D eigenvalue weighted by molar-refractivity contribution is -0.137. The first kappa shape index (κ1) is 18.9. The zero-order chi connectivity index (χ0) is 17.0. The predicted molar refractivity (Wildman–Crippen MR) is 106 cm³/mol. The number of thioether (sulfide) groups is 2. The fourth-order valence-electron chi connectivity index (χ4n) is 2.36. The van der Waals surface area contributed by atoms with Gasteiger partial charge in [0.05, 0.1) is 0 Å². The number of carbonyl (C=O) groups is 1. The largest absolute Gasteiger partial charge is 0.481 e. The SMILES string of the molecule is O=C(O)CCC(CCSCc1ccccc1)SCc1ccccc1. The van der Waals surface area contributed by atoms with Crippen LogP contribution in [-0.2, 0) is 16.3 Å². The molecule has 0 saturated heterocycles. The third-order valence-corrected chi connectivity index (χ3v) is 6.21. The van der Waals surface area contributed by atoms with Crippen molar-refractivity contribution >= 4 is 29.5 Å². The van der Waals surface area contributed by atoms with Gasteiger partial charge in [-0.1, -0.05) is 60.7 Å². The quantitative estimate of drug-likeness (QED) is 0.539. The molecule has 0 radical (unpaired) electrons. The van der Waals surface area contributed by atoms with Gasteiger partial charge in [0, 0.05) is 23.2 Å². The highest BCUT2D eigenvalue weighted by atomic mass is 32.2. The molecule has 1 unspecified atom stereocenters. The van der Waals surface area contributed by atoms with Gasteiger partial charge in [0.2, 0.25) is 0 Å². The Bertz CT molecular complexity index is 587. The third-order valence-electron chi connectivity index (χ3n) is 3.70. The highest BCUT2D eigenvalue weighted by molar-refractivity contribution is 7.99. The first-order chi connectivity index (χ1) is 11.7. The molecule has 0 aliphatic heterocycles. The molecule has 2 aromatic rings. The molecule has 0 aromatic heterocycles. The van der Waals surface area contributed by atoms with E-state index in [-0.39, 0.29) is 6.42 Å². The van der Waals surface area contributed by atoms with Crippen molar-refractivity contribution in [1.29, 1.82) is 0 Å². The molecule has 0 aliphatic carbocycles. The number of hydrogen-bond donors (Lipinski definition) is 1. The third kappa shape index (κ3) is 7.93. The Hall–Kier alpha value is -1.39. The van der Waals surface area contributed by atoms with Crippen LogP contribution >= 0.6 is 23.5 Å². The summed E-state index contributed by atoms with van der Waals surface area (Å²) in [5.41, 5.74) is 2.65. The Morgan fingerprint density at radius 3 is 2.04 bits per heavy atom. The van der Waals surface area contributed by atoms with Crippen molar-refractivity contribution in [2.75, 3.05) is 5.75 Å². The maximum atomic E-state index is 10.9. The monoisotopic (exact) mass is 360 g/mol. The first-order valence-corrected chi connectivity index (χ1v) is 10.4. The molecule has 0 bridgehead atoms. The molecule has 128 valence electrons. The minimum absolute atomic E-state index is 0.260. The summed E-state index contributed by atoms with van der Waals surface area (Å²) in [4.78, 5) is 10.9. The number of aliphatic carboxylic acids is 1. The van der Waals surface area contributed by atoms with E-state index in [1.54, 1.807) is 0 Å². The Morgan fingerprint density at radius 1 is 0.875 bits per heavy atom. The number of hydrogen-bond acceptors (Lipinski definition) is 3. The molecule has 1 N–H and O–H groups in total. The number of carboxylic acids is 1. The van der Waals surface area contributed by atoms with E-state index in [9.17, 15) is 4.79 Å². The summed E-state index contributed by atoms with van der Waals surface area (Å²) >= 11 is 3.82. The van der Waals surface area contributed by atoms with Crippen LogP contribution < -0.4 is 0 Å². The van der Waals surface area contributed by atoms with Crippen LogP contribution in [-0.4, -0.2) is 22.1 Å². The van der Waals surface area contributed by atoms with Gasteiger partial charge in [-0.3, -0.25) is 4.79 Å². The van der Waals surface area contributed by atoms with Gasteiger partial charge in [-0.15, -0.1) is 0 Å². The zero-order valence-electron chi connectivity index (χ0n) is 13.8. The van der Waals surface area contributed by atoms with Gasteiger partial charge in [-0.05, 0) is 29.7 Å². The maximum Gasteiger partial charge on any atom is 0.303 e. The van der Waals surface area contributed by atoms with E-state index < -0.39 is 5.97 Å². The molecule has 0 spiro atoms. The predicted octanol–water partition coefficient (Wildman–Crippen LogP) is 5.48. The second kappa shape index (κ2) is 11.2. The number of benzene rings is 2. The van der Waals surface area contributed by atoms with E-state index in [1.165, 1.54) is 11.1 Å². The molecule has 24 heavy (non-hydrogen) atoms. The van der Waals surface area contributed by atoms with Crippen LogP contribution in [0.25, 0.3) is 0 Å². The van der Waals surface area contributed by atoms with Crippen molar-refractivity contribution in [1.82, 2.24) is 0 Å². The van der Waals surface area contributed by atoms with Crippen molar-refractivity contribution in [2.24, 2.45) is 0 Å². The molecule has 4 heteroatoms. The van der Waals surface area contributed by atoms with E-state index in [0.29, 0.717) is 5.25 Å². The topological polar surface area (TPSA) is 37.3 Å². The smallest absolute Gasteiger partial charge is 0.303 e. The molecule has 2 rings (SSSR count). The van der Waals surface area contributed by atoms with E-state index >= 15 is 0 Å². The summed E-state index contributed by atoms with van der Waals surface area (Å²) in [5, 5.41) is 9.36. The average molecular weight is 361 g/mol. The minimum atomic E-state index is -0.697. The van der Waals surface area contributed by atoms with Crippen LogP contribution in [0.15, 0.2) is 60.7 Å². The van der Waals surface area contributed by atoms with Gasteiger partial charge in [0.25, 0.3) is 0 Å². The van der Waals surface area contributed by atoms with Crippen LogP contribution in [0.3, 0.4) is 0 Å². The van der Waals surface area contributed by atoms with Crippen LogP contribution in [0.1, 0.15) is 30.4 Å². The number of carboxylic acid groups (broad SMARTS) is 1. The van der Waals surface area contributed by atoms with Crippen molar-refractivity contribution in [3.05, 3.63) is 71.8 Å². The summed E-state index contributed by atoms with van der Waals surface area (Å²) < 4.78 is 0. The second-order valence-corrected chi connectivity index (χ2v) is 8.07. The molecule has 0 saturated carbocycles. The average Bonchev–Trinajstić information content (AvgIpc) is 2.62. The molecular formula is C20H24O2S2.